The van der Waals surface area contributed by atoms with E-state index in [0.29, 0.717) is 59.0 Å². The smallest absolute Gasteiger partial charge is 0.338 e. The van der Waals surface area contributed by atoms with E-state index in [4.69, 9.17) is 39.5 Å². The van der Waals surface area contributed by atoms with Crippen molar-refractivity contribution in [3.63, 3.8) is 0 Å². The van der Waals surface area contributed by atoms with Gasteiger partial charge in [-0.05, 0) is 109 Å². The standard InChI is InChI=1S/C46H42Cl3N5O7S/c1-4-6-20-52(26-29-11-17-38(47)39(48)22-29)45(57)42-41(49)28(3)54(50-42)40-18-15-32(25-37(40)44(56)53-21-19-30-9-7-8-10-34(30)27-53)43(55)51-62(59,60)36-16-14-31-12-13-33(23-35(31)24-36)46(58)61-5-2/h7-18,22-25H,4-6,19-21,26-27H2,1-3H3,(H,51,55). The number of sulfonamides is 1. The largest absolute Gasteiger partial charge is 0.462 e. The Hall–Kier alpha value is -5.73. The summed E-state index contributed by atoms with van der Waals surface area (Å²) in [6.07, 6.45) is 2.12. The first-order chi connectivity index (χ1) is 29.7. The van der Waals surface area contributed by atoms with E-state index < -0.39 is 33.7 Å². The fourth-order valence-corrected chi connectivity index (χ4v) is 8.84. The number of amides is 3. The molecule has 1 aliphatic rings. The Bertz CT molecular complexity index is 2860. The van der Waals surface area contributed by atoms with Crippen LogP contribution in [-0.2, 0) is 34.3 Å². The summed E-state index contributed by atoms with van der Waals surface area (Å²) in [6.45, 7) is 6.82. The number of aromatic nitrogens is 2. The normalized spacial score (nSPS) is 12.5. The molecule has 2 heterocycles. The number of unbranched alkanes of at least 4 members (excludes halogenated alkanes) is 1. The summed E-state index contributed by atoms with van der Waals surface area (Å²) in [5.74, 6) is -2.43. The van der Waals surface area contributed by atoms with Gasteiger partial charge in [-0.25, -0.2) is 22.6 Å². The predicted octanol–water partition coefficient (Wildman–Crippen LogP) is 9.23. The number of benzene rings is 5. The summed E-state index contributed by atoms with van der Waals surface area (Å²) in [5.41, 5.74) is 3.55. The number of halogens is 3. The molecule has 6 aromatic rings. The molecule has 1 N–H and O–H groups in total. The monoisotopic (exact) mass is 913 g/mol. The number of esters is 1. The number of rotatable bonds is 13. The van der Waals surface area contributed by atoms with Crippen molar-refractivity contribution in [2.75, 3.05) is 19.7 Å². The van der Waals surface area contributed by atoms with Crippen molar-refractivity contribution in [2.24, 2.45) is 0 Å². The first-order valence-corrected chi connectivity index (χ1v) is 22.6. The van der Waals surface area contributed by atoms with E-state index >= 15 is 0 Å². The summed E-state index contributed by atoms with van der Waals surface area (Å²) in [6, 6.07) is 26.2. The van der Waals surface area contributed by atoms with Crippen molar-refractivity contribution >= 4 is 79.3 Å². The third-order valence-corrected chi connectivity index (χ3v) is 13.2. The molecule has 1 aliphatic heterocycles. The zero-order valence-electron chi connectivity index (χ0n) is 34.1. The zero-order valence-corrected chi connectivity index (χ0v) is 37.2. The zero-order chi connectivity index (χ0) is 44.3. The van der Waals surface area contributed by atoms with Gasteiger partial charge in [0.05, 0.1) is 49.1 Å². The molecule has 0 fully saturated rings. The summed E-state index contributed by atoms with van der Waals surface area (Å²) >= 11 is 19.3. The molecule has 0 saturated carbocycles. The first-order valence-electron chi connectivity index (χ1n) is 20.0. The summed E-state index contributed by atoms with van der Waals surface area (Å²) < 4.78 is 36.0. The maximum Gasteiger partial charge on any atom is 0.338 e. The Kier molecular flexibility index (Phi) is 13.4. The van der Waals surface area contributed by atoms with Crippen molar-refractivity contribution < 1.29 is 32.3 Å². The van der Waals surface area contributed by atoms with E-state index in [1.807, 2.05) is 31.2 Å². The van der Waals surface area contributed by atoms with Crippen molar-refractivity contribution in [2.45, 2.75) is 58.0 Å². The van der Waals surface area contributed by atoms with Gasteiger partial charge < -0.3 is 14.5 Å². The van der Waals surface area contributed by atoms with Gasteiger partial charge in [-0.15, -0.1) is 0 Å². The van der Waals surface area contributed by atoms with E-state index in [9.17, 15) is 27.6 Å². The fraction of sp³-hybridized carbons (Fsp3) is 0.239. The number of carbonyl (C=O) groups is 4. The van der Waals surface area contributed by atoms with E-state index in [-0.39, 0.29) is 51.1 Å². The quantitative estimate of drug-likeness (QED) is 0.113. The molecule has 62 heavy (non-hydrogen) atoms. The van der Waals surface area contributed by atoms with Crippen LogP contribution in [0.4, 0.5) is 0 Å². The van der Waals surface area contributed by atoms with Crippen molar-refractivity contribution in [3.8, 4) is 5.69 Å². The average Bonchev–Trinajstić information content (AvgIpc) is 3.57. The summed E-state index contributed by atoms with van der Waals surface area (Å²) in [4.78, 5) is 58.1. The lowest BCUT2D eigenvalue weighted by atomic mass is 9.98. The number of ether oxygens (including phenoxy) is 1. The molecule has 0 radical (unpaired) electrons. The highest BCUT2D eigenvalue weighted by molar-refractivity contribution is 7.90. The van der Waals surface area contributed by atoms with Crippen LogP contribution in [0.1, 0.15) is 90.6 Å². The van der Waals surface area contributed by atoms with Crippen LogP contribution in [0.5, 0.6) is 0 Å². The molecule has 5 aromatic carbocycles. The Balaban J connectivity index is 1.24. The van der Waals surface area contributed by atoms with Crippen molar-refractivity contribution in [1.82, 2.24) is 24.3 Å². The minimum absolute atomic E-state index is 0.0338. The van der Waals surface area contributed by atoms with Gasteiger partial charge in [-0.1, -0.05) is 90.6 Å². The molecule has 7 rings (SSSR count). The van der Waals surface area contributed by atoms with Gasteiger partial charge in [0.15, 0.2) is 5.69 Å². The number of nitrogens with one attached hydrogen (secondary N) is 1. The third-order valence-electron chi connectivity index (χ3n) is 10.7. The molecule has 0 unspecified atom stereocenters. The van der Waals surface area contributed by atoms with Gasteiger partial charge in [0.1, 0.15) is 0 Å². The van der Waals surface area contributed by atoms with Crippen LogP contribution in [0, 0.1) is 6.92 Å². The van der Waals surface area contributed by atoms with Crippen molar-refractivity contribution in [1.29, 1.82) is 0 Å². The highest BCUT2D eigenvalue weighted by Crippen LogP contribution is 2.31. The minimum Gasteiger partial charge on any atom is -0.462 e. The van der Waals surface area contributed by atoms with Crippen LogP contribution in [-0.4, -0.2) is 71.4 Å². The Labute approximate surface area is 374 Å². The highest BCUT2D eigenvalue weighted by Gasteiger charge is 2.30. The van der Waals surface area contributed by atoms with E-state index in [1.54, 1.807) is 60.0 Å². The number of fused-ring (bicyclic) bond motifs is 2. The van der Waals surface area contributed by atoms with Gasteiger partial charge in [0.25, 0.3) is 27.7 Å². The molecular formula is C46H42Cl3N5O7S. The SMILES string of the molecule is CCCCN(Cc1ccc(Cl)c(Cl)c1)C(=O)c1nn(-c2ccc(C(=O)NS(=O)(=O)c3ccc4ccc(C(=O)OCC)cc4c3)cc2C(=O)N2CCc3ccccc3C2)c(C)c1Cl. The lowest BCUT2D eigenvalue weighted by Crippen LogP contribution is -2.37. The first kappa shape index (κ1) is 44.3. The summed E-state index contributed by atoms with van der Waals surface area (Å²) in [7, 11) is -4.45. The summed E-state index contributed by atoms with van der Waals surface area (Å²) in [5, 5.41) is 6.62. The van der Waals surface area contributed by atoms with Gasteiger partial charge >= 0.3 is 5.97 Å². The number of hydrogen-bond acceptors (Lipinski definition) is 8. The average molecular weight is 915 g/mol. The van der Waals surface area contributed by atoms with Crippen LogP contribution in [0.25, 0.3) is 16.5 Å². The molecule has 0 saturated heterocycles. The minimum atomic E-state index is -4.45. The Morgan fingerprint density at radius 3 is 2.32 bits per heavy atom. The van der Waals surface area contributed by atoms with Gasteiger partial charge in [-0.2, -0.15) is 5.10 Å². The lowest BCUT2D eigenvalue weighted by molar-refractivity contribution is 0.0525. The molecule has 0 aliphatic carbocycles. The van der Waals surface area contributed by atoms with Crippen LogP contribution >= 0.6 is 34.8 Å². The van der Waals surface area contributed by atoms with Crippen LogP contribution in [0.15, 0.2) is 102 Å². The Morgan fingerprint density at radius 1 is 0.839 bits per heavy atom. The van der Waals surface area contributed by atoms with Crippen LogP contribution in [0.2, 0.25) is 15.1 Å². The second-order valence-electron chi connectivity index (χ2n) is 14.8. The molecule has 0 atom stereocenters. The molecule has 0 bridgehead atoms. The lowest BCUT2D eigenvalue weighted by Gasteiger charge is -2.29. The van der Waals surface area contributed by atoms with Crippen LogP contribution in [0.3, 0.4) is 0 Å². The highest BCUT2D eigenvalue weighted by atomic mass is 35.5. The van der Waals surface area contributed by atoms with E-state index in [2.05, 4.69) is 9.82 Å². The molecule has 12 nitrogen and oxygen atoms in total. The Morgan fingerprint density at radius 2 is 1.58 bits per heavy atom. The molecule has 0 spiro atoms. The maximum absolute atomic E-state index is 14.6. The predicted molar refractivity (Wildman–Crippen MR) is 239 cm³/mol. The van der Waals surface area contributed by atoms with E-state index in [1.165, 1.54) is 41.1 Å². The van der Waals surface area contributed by atoms with Gasteiger partial charge in [0, 0.05) is 31.7 Å². The maximum atomic E-state index is 14.6. The van der Waals surface area contributed by atoms with Crippen LogP contribution < -0.4 is 4.72 Å². The molecule has 1 aromatic heterocycles. The number of carbonyl (C=O) groups excluding carboxylic acids is 4. The molecule has 16 heteroatoms. The number of nitrogens with zero attached hydrogens (tertiary/aromatic N) is 4. The molecule has 320 valence electrons. The third kappa shape index (κ3) is 9.36. The van der Waals surface area contributed by atoms with Gasteiger partial charge in [0.2, 0.25) is 0 Å². The number of hydrogen-bond donors (Lipinski definition) is 1. The molecular weight excluding hydrogens is 873 g/mol. The van der Waals surface area contributed by atoms with Gasteiger partial charge in [-0.3, -0.25) is 14.4 Å². The van der Waals surface area contributed by atoms with E-state index in [0.717, 1.165) is 23.1 Å². The topological polar surface area (TPSA) is 148 Å². The van der Waals surface area contributed by atoms with Crippen molar-refractivity contribution in [3.05, 3.63) is 157 Å². The second kappa shape index (κ2) is 18.7. The molecule has 3 amide bonds. The fourth-order valence-electron chi connectivity index (χ4n) is 7.31. The second-order valence-corrected chi connectivity index (χ2v) is 17.7.